The van der Waals surface area contributed by atoms with Crippen molar-refractivity contribution in [2.45, 2.75) is 18.7 Å². The van der Waals surface area contributed by atoms with E-state index in [0.717, 1.165) is 4.47 Å². The molecule has 1 rings (SSSR count). The molecule has 0 saturated heterocycles. The maximum Gasteiger partial charge on any atom is 0.307 e. The molecule has 0 radical (unpaired) electrons. The summed E-state index contributed by atoms with van der Waals surface area (Å²) >= 11 is 8.94. The van der Waals surface area contributed by atoms with Crippen LogP contribution in [-0.2, 0) is 11.2 Å². The van der Waals surface area contributed by atoms with Crippen LogP contribution >= 0.6 is 27.5 Å². The Kier molecular flexibility index (Phi) is 4.50. The van der Waals surface area contributed by atoms with E-state index in [2.05, 4.69) is 15.9 Å². The van der Waals surface area contributed by atoms with Crippen molar-refractivity contribution < 1.29 is 14.7 Å². The van der Waals surface area contributed by atoms with Gasteiger partial charge in [0.15, 0.2) is 5.78 Å². The van der Waals surface area contributed by atoms with E-state index in [1.54, 1.807) is 25.1 Å². The van der Waals surface area contributed by atoms with Gasteiger partial charge in [-0.3, -0.25) is 9.59 Å². The zero-order valence-corrected chi connectivity index (χ0v) is 10.9. The number of rotatable bonds is 4. The summed E-state index contributed by atoms with van der Waals surface area (Å²) in [5.74, 6) is -1.24. The van der Waals surface area contributed by atoms with Gasteiger partial charge in [0.05, 0.1) is 11.8 Å². The molecule has 1 aromatic carbocycles. The molecule has 0 spiro atoms. The summed E-state index contributed by atoms with van der Waals surface area (Å²) in [4.78, 5) is 22.4. The lowest BCUT2D eigenvalue weighted by atomic mass is 10.00. The lowest BCUT2D eigenvalue weighted by molar-refractivity contribution is -0.136. The lowest BCUT2D eigenvalue weighted by Crippen LogP contribution is -2.15. The van der Waals surface area contributed by atoms with Crippen LogP contribution in [0.4, 0.5) is 0 Å². The monoisotopic (exact) mass is 304 g/mol. The van der Waals surface area contributed by atoms with Gasteiger partial charge in [-0.15, -0.1) is 11.6 Å². The molecule has 0 bridgehead atoms. The number of halogens is 2. The minimum absolute atomic E-state index is 0.190. The van der Waals surface area contributed by atoms with E-state index in [9.17, 15) is 9.59 Å². The average molecular weight is 306 g/mol. The molecule has 1 unspecified atom stereocenters. The number of carbonyl (C=O) groups is 2. The molecule has 86 valence electrons. The smallest absolute Gasteiger partial charge is 0.307 e. The van der Waals surface area contributed by atoms with Crippen LogP contribution in [0.2, 0.25) is 0 Å². The van der Waals surface area contributed by atoms with Gasteiger partial charge >= 0.3 is 5.97 Å². The highest BCUT2D eigenvalue weighted by molar-refractivity contribution is 9.10. The first-order valence-corrected chi connectivity index (χ1v) is 5.83. The maximum absolute atomic E-state index is 11.7. The number of carboxylic acids is 1. The van der Waals surface area contributed by atoms with Crippen LogP contribution in [0, 0.1) is 0 Å². The summed E-state index contributed by atoms with van der Waals surface area (Å²) < 4.78 is 0.738. The van der Waals surface area contributed by atoms with Crippen LogP contribution in [0.25, 0.3) is 0 Å². The molecule has 0 aliphatic heterocycles. The van der Waals surface area contributed by atoms with Gasteiger partial charge in [-0.25, -0.2) is 0 Å². The third kappa shape index (κ3) is 3.32. The molecule has 3 nitrogen and oxygen atoms in total. The van der Waals surface area contributed by atoms with E-state index in [-0.39, 0.29) is 12.2 Å². The fourth-order valence-electron chi connectivity index (χ4n) is 1.33. The first kappa shape index (κ1) is 13.2. The Labute approximate surface area is 107 Å². The van der Waals surface area contributed by atoms with Crippen molar-refractivity contribution in [2.75, 3.05) is 0 Å². The molecule has 0 aromatic heterocycles. The molecular weight excluding hydrogens is 295 g/mol. The largest absolute Gasteiger partial charge is 0.481 e. The molecule has 0 aliphatic rings. The molecule has 0 fully saturated rings. The Bertz CT molecular complexity index is 429. The van der Waals surface area contributed by atoms with Gasteiger partial charge in [-0.05, 0) is 30.7 Å². The normalized spacial score (nSPS) is 12.2. The first-order chi connectivity index (χ1) is 7.41. The second-order valence-corrected chi connectivity index (χ2v) is 4.92. The van der Waals surface area contributed by atoms with Crippen LogP contribution in [-0.4, -0.2) is 22.2 Å². The van der Waals surface area contributed by atoms with Crippen molar-refractivity contribution in [1.29, 1.82) is 0 Å². The van der Waals surface area contributed by atoms with Crippen molar-refractivity contribution in [1.82, 2.24) is 0 Å². The fraction of sp³-hybridized carbons (Fsp3) is 0.273. The average Bonchev–Trinajstić information content (AvgIpc) is 2.15. The van der Waals surface area contributed by atoms with E-state index in [1.165, 1.54) is 0 Å². The van der Waals surface area contributed by atoms with Gasteiger partial charge in [0.1, 0.15) is 0 Å². The Morgan fingerprint density at radius 1 is 1.50 bits per heavy atom. The van der Waals surface area contributed by atoms with Crippen molar-refractivity contribution in [3.05, 3.63) is 33.8 Å². The number of Topliss-reactive ketones (excluding diaryl/α,β-unsaturated/α-hetero) is 1. The van der Waals surface area contributed by atoms with E-state index < -0.39 is 11.3 Å². The number of alkyl halides is 1. The Morgan fingerprint density at radius 2 is 2.12 bits per heavy atom. The second-order valence-electron chi connectivity index (χ2n) is 3.35. The number of benzene rings is 1. The molecule has 0 amide bonds. The predicted octanol–water partition coefficient (Wildman–Crippen LogP) is 2.89. The quantitative estimate of drug-likeness (QED) is 0.687. The zero-order chi connectivity index (χ0) is 12.3. The van der Waals surface area contributed by atoms with E-state index in [0.29, 0.717) is 11.1 Å². The van der Waals surface area contributed by atoms with Gasteiger partial charge in [-0.2, -0.15) is 0 Å². The topological polar surface area (TPSA) is 54.4 Å². The van der Waals surface area contributed by atoms with Gasteiger partial charge < -0.3 is 5.11 Å². The van der Waals surface area contributed by atoms with Crippen molar-refractivity contribution in [2.24, 2.45) is 0 Å². The number of ketones is 1. The minimum Gasteiger partial charge on any atom is -0.481 e. The third-order valence-corrected chi connectivity index (χ3v) is 2.73. The highest BCUT2D eigenvalue weighted by Gasteiger charge is 2.17. The molecule has 1 N–H and O–H groups in total. The van der Waals surface area contributed by atoms with Gasteiger partial charge in [-0.1, -0.05) is 15.9 Å². The van der Waals surface area contributed by atoms with Crippen LogP contribution in [0.1, 0.15) is 22.8 Å². The first-order valence-electron chi connectivity index (χ1n) is 4.60. The summed E-state index contributed by atoms with van der Waals surface area (Å²) in [6.07, 6.45) is -0.190. The van der Waals surface area contributed by atoms with E-state index >= 15 is 0 Å². The number of hydrogen-bond donors (Lipinski definition) is 1. The van der Waals surface area contributed by atoms with Crippen LogP contribution in [0.15, 0.2) is 22.7 Å². The van der Waals surface area contributed by atoms with Crippen LogP contribution in [0.3, 0.4) is 0 Å². The van der Waals surface area contributed by atoms with Gasteiger partial charge in [0, 0.05) is 10.0 Å². The number of aliphatic carboxylic acids is 1. The van der Waals surface area contributed by atoms with Crippen molar-refractivity contribution in [3.63, 3.8) is 0 Å². The lowest BCUT2D eigenvalue weighted by Gasteiger charge is -2.08. The summed E-state index contributed by atoms with van der Waals surface area (Å²) in [5.41, 5.74) is 0.840. The highest BCUT2D eigenvalue weighted by atomic mass is 79.9. The summed E-state index contributed by atoms with van der Waals surface area (Å²) in [7, 11) is 0. The number of carboxylic acid groups (broad SMARTS) is 1. The maximum atomic E-state index is 11.7. The highest BCUT2D eigenvalue weighted by Crippen LogP contribution is 2.20. The van der Waals surface area contributed by atoms with Gasteiger partial charge in [0.25, 0.3) is 0 Å². The molecule has 0 aliphatic carbocycles. The molecule has 1 atom stereocenters. The van der Waals surface area contributed by atoms with Gasteiger partial charge in [0.2, 0.25) is 0 Å². The molecular formula is C11H10BrClO3. The number of carbonyl (C=O) groups excluding carboxylic acids is 1. The molecule has 16 heavy (non-hydrogen) atoms. The molecule has 0 saturated carbocycles. The number of hydrogen-bond acceptors (Lipinski definition) is 2. The minimum atomic E-state index is -0.977. The summed E-state index contributed by atoms with van der Waals surface area (Å²) in [5, 5.41) is 8.08. The molecule has 5 heteroatoms. The van der Waals surface area contributed by atoms with Crippen LogP contribution in [0.5, 0.6) is 0 Å². The van der Waals surface area contributed by atoms with E-state index in [1.807, 2.05) is 0 Å². The second kappa shape index (κ2) is 5.46. The summed E-state index contributed by atoms with van der Waals surface area (Å²) in [6, 6.07) is 4.90. The molecule has 1 aromatic rings. The SMILES string of the molecule is CC(Cl)C(=O)c1ccc(Br)cc1CC(=O)O. The van der Waals surface area contributed by atoms with Crippen molar-refractivity contribution in [3.8, 4) is 0 Å². The summed E-state index contributed by atoms with van der Waals surface area (Å²) in [6.45, 7) is 1.57. The Balaban J connectivity index is 3.17. The van der Waals surface area contributed by atoms with Crippen LogP contribution < -0.4 is 0 Å². The zero-order valence-electron chi connectivity index (χ0n) is 8.54. The Morgan fingerprint density at radius 3 is 2.62 bits per heavy atom. The van der Waals surface area contributed by atoms with Crippen molar-refractivity contribution >= 4 is 39.3 Å². The van der Waals surface area contributed by atoms with E-state index in [4.69, 9.17) is 16.7 Å². The predicted molar refractivity (Wildman–Crippen MR) is 65.1 cm³/mol. The third-order valence-electron chi connectivity index (χ3n) is 2.04. The fourth-order valence-corrected chi connectivity index (χ4v) is 1.85. The Hall–Kier alpha value is -0.870. The standard InChI is InChI=1S/C11H10BrClO3/c1-6(13)11(16)9-3-2-8(12)4-7(9)5-10(14)15/h2-4,6H,5H2,1H3,(H,14,15). The molecule has 0 heterocycles.